The molecule has 5 nitrogen and oxygen atoms in total. The Morgan fingerprint density at radius 2 is 1.50 bits per heavy atom. The minimum absolute atomic E-state index is 0.289. The zero-order valence-electron chi connectivity index (χ0n) is 16.6. The summed E-state index contributed by atoms with van der Waals surface area (Å²) in [5.74, 6) is -5.42. The van der Waals surface area contributed by atoms with Crippen LogP contribution < -0.4 is 0 Å². The van der Waals surface area contributed by atoms with Gasteiger partial charge < -0.3 is 14.6 Å². The molecule has 0 saturated heterocycles. The van der Waals surface area contributed by atoms with Crippen molar-refractivity contribution in [3.63, 3.8) is 0 Å². The van der Waals surface area contributed by atoms with E-state index in [4.69, 9.17) is 9.47 Å². The monoisotopic (exact) mass is 444 g/mol. The Kier molecular flexibility index (Phi) is 8.69. The van der Waals surface area contributed by atoms with Crippen LogP contribution in [-0.4, -0.2) is 47.1 Å². The molecular formula is C18H31BrF2O5. The van der Waals surface area contributed by atoms with Crippen molar-refractivity contribution in [1.82, 2.24) is 0 Å². The number of carbonyl (C=O) groups excluding carboxylic acids is 2. The maximum Gasteiger partial charge on any atom is 0.322 e. The maximum atomic E-state index is 14.5. The van der Waals surface area contributed by atoms with Crippen LogP contribution in [0.4, 0.5) is 8.78 Å². The minimum atomic E-state index is -3.04. The highest BCUT2D eigenvalue weighted by Crippen LogP contribution is 2.43. The third-order valence-electron chi connectivity index (χ3n) is 4.55. The van der Waals surface area contributed by atoms with Gasteiger partial charge in [0.05, 0.1) is 12.0 Å². The van der Waals surface area contributed by atoms with Crippen molar-refractivity contribution in [3.05, 3.63) is 0 Å². The molecule has 2 atom stereocenters. The van der Waals surface area contributed by atoms with Crippen molar-refractivity contribution in [1.29, 1.82) is 0 Å². The van der Waals surface area contributed by atoms with Crippen molar-refractivity contribution < 1.29 is 33.0 Å². The fraction of sp³-hybridized carbons (Fsp3) is 0.889. The molecule has 8 heteroatoms. The molecule has 0 bridgehead atoms. The lowest BCUT2D eigenvalue weighted by Gasteiger charge is -2.38. The van der Waals surface area contributed by atoms with Gasteiger partial charge >= 0.3 is 11.9 Å². The third kappa shape index (κ3) is 6.15. The summed E-state index contributed by atoms with van der Waals surface area (Å²) >= 11 is 3.13. The maximum absolute atomic E-state index is 14.5. The number of rotatable bonds is 10. The van der Waals surface area contributed by atoms with Gasteiger partial charge in [-0.25, -0.2) is 8.78 Å². The second-order valence-electron chi connectivity index (χ2n) is 8.16. The van der Waals surface area contributed by atoms with Crippen molar-refractivity contribution in [2.45, 2.75) is 65.1 Å². The summed E-state index contributed by atoms with van der Waals surface area (Å²) in [4.78, 5) is 24.1. The van der Waals surface area contributed by atoms with Gasteiger partial charge in [0.15, 0.2) is 0 Å². The lowest BCUT2D eigenvalue weighted by Crippen LogP contribution is -2.47. The van der Waals surface area contributed by atoms with E-state index in [0.29, 0.717) is 0 Å². The number of esters is 2. The molecule has 2 unspecified atom stereocenters. The van der Waals surface area contributed by atoms with E-state index in [-0.39, 0.29) is 6.42 Å². The summed E-state index contributed by atoms with van der Waals surface area (Å²) < 4.78 is 38.2. The summed E-state index contributed by atoms with van der Waals surface area (Å²) in [7, 11) is 0. The molecular weight excluding hydrogens is 414 g/mol. The highest BCUT2D eigenvalue weighted by Gasteiger charge is 2.51. The number of hydrogen-bond donors (Lipinski definition) is 1. The highest BCUT2D eigenvalue weighted by molar-refractivity contribution is 9.10. The SMILES string of the molecule is CCC(C)C(F)(F)C(C)(C)COC(=O)C(C)(CO)COC(=O)C(C)(C)Br. The number of alkyl halides is 3. The number of carbonyl (C=O) groups is 2. The molecule has 0 rings (SSSR count). The molecule has 0 aliphatic carbocycles. The van der Waals surface area contributed by atoms with E-state index >= 15 is 0 Å². The molecule has 0 heterocycles. The normalized spacial score (nSPS) is 16.6. The molecule has 154 valence electrons. The molecule has 26 heavy (non-hydrogen) atoms. The molecule has 0 saturated carbocycles. The van der Waals surface area contributed by atoms with Gasteiger partial charge in [-0.1, -0.05) is 43.6 Å². The van der Waals surface area contributed by atoms with Crippen LogP contribution in [0.1, 0.15) is 54.9 Å². The van der Waals surface area contributed by atoms with E-state index in [2.05, 4.69) is 15.9 Å². The van der Waals surface area contributed by atoms with Crippen LogP contribution in [0.15, 0.2) is 0 Å². The first-order chi connectivity index (χ1) is 11.5. The summed E-state index contributed by atoms with van der Waals surface area (Å²) in [5, 5.41) is 9.53. The number of ether oxygens (including phenoxy) is 2. The van der Waals surface area contributed by atoms with E-state index < -0.39 is 58.8 Å². The number of halogens is 3. The van der Waals surface area contributed by atoms with Crippen LogP contribution in [0.2, 0.25) is 0 Å². The van der Waals surface area contributed by atoms with Gasteiger partial charge in [0.2, 0.25) is 0 Å². The molecule has 0 spiro atoms. The first-order valence-electron chi connectivity index (χ1n) is 8.57. The van der Waals surface area contributed by atoms with E-state index in [0.717, 1.165) is 0 Å². The molecule has 0 aliphatic heterocycles. The van der Waals surface area contributed by atoms with Crippen LogP contribution in [0.3, 0.4) is 0 Å². The van der Waals surface area contributed by atoms with Crippen molar-refractivity contribution in [3.8, 4) is 0 Å². The average molecular weight is 445 g/mol. The minimum Gasteiger partial charge on any atom is -0.464 e. The Labute approximate surface area is 162 Å². The van der Waals surface area contributed by atoms with Crippen molar-refractivity contribution in [2.24, 2.45) is 16.7 Å². The predicted molar refractivity (Wildman–Crippen MR) is 98.3 cm³/mol. The smallest absolute Gasteiger partial charge is 0.322 e. The second kappa shape index (κ2) is 8.95. The van der Waals surface area contributed by atoms with Crippen LogP contribution in [0.25, 0.3) is 0 Å². The Morgan fingerprint density at radius 3 is 1.88 bits per heavy atom. The molecule has 0 aromatic carbocycles. The molecule has 1 N–H and O–H groups in total. The topological polar surface area (TPSA) is 72.8 Å². The quantitative estimate of drug-likeness (QED) is 0.407. The van der Waals surface area contributed by atoms with E-state index in [9.17, 15) is 23.5 Å². The van der Waals surface area contributed by atoms with Crippen LogP contribution in [0, 0.1) is 16.7 Å². The van der Waals surface area contributed by atoms with Gasteiger partial charge in [-0.15, -0.1) is 0 Å². The van der Waals surface area contributed by atoms with Crippen molar-refractivity contribution in [2.75, 3.05) is 19.8 Å². The number of aliphatic hydroxyl groups is 1. The van der Waals surface area contributed by atoms with Gasteiger partial charge in [0.25, 0.3) is 5.92 Å². The summed E-state index contributed by atoms with van der Waals surface area (Å²) in [6, 6.07) is 0. The second-order valence-corrected chi connectivity index (χ2v) is 10.1. The standard InChI is InChI=1S/C18H31BrF2O5/c1-8-12(2)18(20,21)15(3,4)10-25-14(24)17(7,9-22)11-26-13(23)16(5,6)19/h12,22H,8-11H2,1-7H3. The molecule has 0 amide bonds. The summed E-state index contributed by atoms with van der Waals surface area (Å²) in [6.07, 6.45) is 0.289. The Bertz CT molecular complexity index is 502. The fourth-order valence-electron chi connectivity index (χ4n) is 2.01. The highest BCUT2D eigenvalue weighted by atomic mass is 79.9. The molecule has 0 aromatic rings. The van der Waals surface area contributed by atoms with Crippen LogP contribution in [0.5, 0.6) is 0 Å². The number of hydrogen-bond acceptors (Lipinski definition) is 5. The predicted octanol–water partition coefficient (Wildman–Crippen LogP) is 3.95. The van der Waals surface area contributed by atoms with Gasteiger partial charge in [-0.3, -0.25) is 9.59 Å². The first-order valence-corrected chi connectivity index (χ1v) is 9.36. The number of aliphatic hydroxyl groups excluding tert-OH is 1. The zero-order chi connectivity index (χ0) is 21.0. The van der Waals surface area contributed by atoms with E-state index in [1.54, 1.807) is 20.8 Å². The lowest BCUT2D eigenvalue weighted by molar-refractivity contribution is -0.188. The Hall–Kier alpha value is -0.760. The summed E-state index contributed by atoms with van der Waals surface area (Å²) in [5.41, 5.74) is -3.11. The fourth-order valence-corrected chi connectivity index (χ4v) is 2.12. The lowest BCUT2D eigenvalue weighted by atomic mass is 9.78. The Morgan fingerprint density at radius 1 is 1.04 bits per heavy atom. The largest absolute Gasteiger partial charge is 0.464 e. The van der Waals surface area contributed by atoms with Gasteiger partial charge in [0, 0.05) is 5.92 Å². The van der Waals surface area contributed by atoms with Crippen LogP contribution in [-0.2, 0) is 19.1 Å². The Balaban J connectivity index is 5.02. The van der Waals surface area contributed by atoms with Gasteiger partial charge in [0.1, 0.15) is 23.0 Å². The molecule has 0 radical (unpaired) electrons. The zero-order valence-corrected chi connectivity index (χ0v) is 18.2. The average Bonchev–Trinajstić information content (AvgIpc) is 2.54. The van der Waals surface area contributed by atoms with Gasteiger partial charge in [-0.2, -0.15) is 0 Å². The third-order valence-corrected chi connectivity index (χ3v) is 4.87. The van der Waals surface area contributed by atoms with E-state index in [1.807, 2.05) is 0 Å². The molecule has 0 fully saturated rings. The summed E-state index contributed by atoms with van der Waals surface area (Å²) in [6.45, 7) is 8.69. The van der Waals surface area contributed by atoms with Crippen molar-refractivity contribution >= 4 is 27.9 Å². The first kappa shape index (κ1) is 25.2. The molecule has 0 aromatic heterocycles. The van der Waals surface area contributed by atoms with Crippen LogP contribution >= 0.6 is 15.9 Å². The molecule has 0 aliphatic rings. The van der Waals surface area contributed by atoms with Gasteiger partial charge in [-0.05, 0) is 27.2 Å². The van der Waals surface area contributed by atoms with E-state index in [1.165, 1.54) is 27.7 Å².